The van der Waals surface area contributed by atoms with Crippen LogP contribution in [0.3, 0.4) is 0 Å². The minimum Gasteiger partial charge on any atom is -0.370 e. The van der Waals surface area contributed by atoms with Gasteiger partial charge in [-0.1, -0.05) is 19.1 Å². The van der Waals surface area contributed by atoms with Crippen molar-refractivity contribution >= 4 is 5.69 Å². The van der Waals surface area contributed by atoms with Gasteiger partial charge in [-0.05, 0) is 64.5 Å². The van der Waals surface area contributed by atoms with E-state index < -0.39 is 0 Å². The van der Waals surface area contributed by atoms with Gasteiger partial charge in [0.2, 0.25) is 0 Å². The molecule has 1 aromatic rings. The lowest BCUT2D eigenvalue weighted by Gasteiger charge is -2.37. The van der Waals surface area contributed by atoms with Crippen molar-refractivity contribution in [3.63, 3.8) is 0 Å². The highest BCUT2D eigenvalue weighted by molar-refractivity contribution is 5.48. The van der Waals surface area contributed by atoms with Crippen molar-refractivity contribution in [2.24, 2.45) is 0 Å². The molecule has 0 spiro atoms. The number of anilines is 1. The quantitative estimate of drug-likeness (QED) is 0.867. The molecule has 0 aromatic heterocycles. The van der Waals surface area contributed by atoms with Crippen molar-refractivity contribution in [1.29, 1.82) is 0 Å². The van der Waals surface area contributed by atoms with Crippen LogP contribution in [0.5, 0.6) is 0 Å². The first-order valence-corrected chi connectivity index (χ1v) is 8.36. The van der Waals surface area contributed by atoms with Gasteiger partial charge in [0.05, 0.1) is 0 Å². The molecule has 3 nitrogen and oxygen atoms in total. The maximum Gasteiger partial charge on any atom is 0.0366 e. The Morgan fingerprint density at radius 2 is 2.00 bits per heavy atom. The normalized spacial score (nSPS) is 20.8. The van der Waals surface area contributed by atoms with Crippen molar-refractivity contribution < 1.29 is 0 Å². The SMILES string of the molecule is CCCNC(C)c1ccc(N2CCCC(N(C)C)C2)cc1. The third-order valence-corrected chi connectivity index (χ3v) is 4.59. The van der Waals surface area contributed by atoms with E-state index in [4.69, 9.17) is 0 Å². The standard InChI is InChI=1S/C18H31N3/c1-5-12-19-15(2)16-8-10-17(11-9-16)21-13-6-7-18(14-21)20(3)4/h8-11,15,18-19H,5-7,12-14H2,1-4H3. The molecule has 1 aliphatic heterocycles. The van der Waals surface area contributed by atoms with Crippen molar-refractivity contribution in [2.75, 3.05) is 38.6 Å². The van der Waals surface area contributed by atoms with Crippen LogP contribution in [-0.4, -0.2) is 44.7 Å². The van der Waals surface area contributed by atoms with Crippen molar-refractivity contribution in [1.82, 2.24) is 10.2 Å². The van der Waals surface area contributed by atoms with Crippen LogP contribution in [0, 0.1) is 0 Å². The van der Waals surface area contributed by atoms with E-state index in [0.29, 0.717) is 12.1 Å². The van der Waals surface area contributed by atoms with Crippen LogP contribution >= 0.6 is 0 Å². The summed E-state index contributed by atoms with van der Waals surface area (Å²) < 4.78 is 0. The molecule has 0 amide bonds. The van der Waals surface area contributed by atoms with E-state index in [-0.39, 0.29) is 0 Å². The molecule has 118 valence electrons. The van der Waals surface area contributed by atoms with Crippen LogP contribution in [0.25, 0.3) is 0 Å². The van der Waals surface area contributed by atoms with E-state index in [9.17, 15) is 0 Å². The second-order valence-electron chi connectivity index (χ2n) is 6.47. The number of hydrogen-bond donors (Lipinski definition) is 1. The molecule has 0 aliphatic carbocycles. The predicted molar refractivity (Wildman–Crippen MR) is 92.1 cm³/mol. The Hall–Kier alpha value is -1.06. The third-order valence-electron chi connectivity index (χ3n) is 4.59. The Balaban J connectivity index is 1.98. The highest BCUT2D eigenvalue weighted by atomic mass is 15.2. The maximum absolute atomic E-state index is 3.55. The van der Waals surface area contributed by atoms with Gasteiger partial charge in [-0.15, -0.1) is 0 Å². The highest BCUT2D eigenvalue weighted by Crippen LogP contribution is 2.23. The van der Waals surface area contributed by atoms with Gasteiger partial charge in [0.1, 0.15) is 0 Å². The Kier molecular flexibility index (Phi) is 6.07. The van der Waals surface area contributed by atoms with Crippen molar-refractivity contribution in [3.05, 3.63) is 29.8 Å². The molecule has 2 atom stereocenters. The van der Waals surface area contributed by atoms with Crippen LogP contribution in [-0.2, 0) is 0 Å². The van der Waals surface area contributed by atoms with Crippen LogP contribution in [0.4, 0.5) is 5.69 Å². The molecule has 1 fully saturated rings. The van der Waals surface area contributed by atoms with Gasteiger partial charge in [0.25, 0.3) is 0 Å². The van der Waals surface area contributed by atoms with Gasteiger partial charge in [-0.2, -0.15) is 0 Å². The molecule has 3 heteroatoms. The fourth-order valence-electron chi connectivity index (χ4n) is 3.06. The first-order valence-electron chi connectivity index (χ1n) is 8.36. The first-order chi connectivity index (χ1) is 10.1. The Morgan fingerprint density at radius 3 is 2.62 bits per heavy atom. The van der Waals surface area contributed by atoms with Gasteiger partial charge in [-0.25, -0.2) is 0 Å². The molecular formula is C18H31N3. The first kappa shape index (κ1) is 16.3. The molecule has 0 bridgehead atoms. The van der Waals surface area contributed by atoms with Gasteiger partial charge >= 0.3 is 0 Å². The summed E-state index contributed by atoms with van der Waals surface area (Å²) >= 11 is 0. The van der Waals surface area contributed by atoms with Crippen LogP contribution in [0.15, 0.2) is 24.3 Å². The summed E-state index contributed by atoms with van der Waals surface area (Å²) in [7, 11) is 4.39. The second kappa shape index (κ2) is 7.81. The van der Waals surface area contributed by atoms with Crippen LogP contribution in [0.2, 0.25) is 0 Å². The number of nitrogens with zero attached hydrogens (tertiary/aromatic N) is 2. The summed E-state index contributed by atoms with van der Waals surface area (Å²) in [6, 6.07) is 10.3. The second-order valence-corrected chi connectivity index (χ2v) is 6.47. The topological polar surface area (TPSA) is 18.5 Å². The molecule has 1 aromatic carbocycles. The molecule has 1 aliphatic rings. The summed E-state index contributed by atoms with van der Waals surface area (Å²) in [5.74, 6) is 0. The minimum absolute atomic E-state index is 0.440. The number of piperidine rings is 1. The molecule has 21 heavy (non-hydrogen) atoms. The van der Waals surface area contributed by atoms with Crippen molar-refractivity contribution in [3.8, 4) is 0 Å². The maximum atomic E-state index is 3.55. The van der Waals surface area contributed by atoms with Gasteiger partial charge < -0.3 is 15.1 Å². The molecule has 1 heterocycles. The zero-order valence-corrected chi connectivity index (χ0v) is 14.1. The molecular weight excluding hydrogens is 258 g/mol. The lowest BCUT2D eigenvalue weighted by Crippen LogP contribution is -2.45. The fourth-order valence-corrected chi connectivity index (χ4v) is 3.06. The average molecular weight is 289 g/mol. The Bertz CT molecular complexity index is 413. The molecule has 0 saturated carbocycles. The average Bonchev–Trinajstić information content (AvgIpc) is 2.53. The van der Waals surface area contributed by atoms with E-state index in [1.165, 1.54) is 37.1 Å². The molecule has 2 rings (SSSR count). The monoisotopic (exact) mass is 289 g/mol. The number of benzene rings is 1. The van der Waals surface area contributed by atoms with Crippen molar-refractivity contribution in [2.45, 2.75) is 45.2 Å². The molecule has 0 radical (unpaired) electrons. The van der Waals surface area contributed by atoms with E-state index in [1.807, 2.05) is 0 Å². The van der Waals surface area contributed by atoms with E-state index in [1.54, 1.807) is 0 Å². The largest absolute Gasteiger partial charge is 0.370 e. The fraction of sp³-hybridized carbons (Fsp3) is 0.667. The number of rotatable bonds is 6. The summed E-state index contributed by atoms with van der Waals surface area (Å²) in [6.07, 6.45) is 3.79. The summed E-state index contributed by atoms with van der Waals surface area (Å²) in [5.41, 5.74) is 2.75. The zero-order valence-electron chi connectivity index (χ0n) is 14.1. The van der Waals surface area contributed by atoms with E-state index in [0.717, 1.165) is 13.1 Å². The summed E-state index contributed by atoms with van der Waals surface area (Å²) in [5, 5.41) is 3.55. The predicted octanol–water partition coefficient (Wildman–Crippen LogP) is 3.28. The Labute approximate surface area is 130 Å². The van der Waals surface area contributed by atoms with E-state index >= 15 is 0 Å². The lowest BCUT2D eigenvalue weighted by molar-refractivity contribution is 0.258. The zero-order chi connectivity index (χ0) is 15.2. The number of likely N-dealkylation sites (N-methyl/N-ethyl adjacent to an activating group) is 1. The minimum atomic E-state index is 0.440. The molecule has 2 unspecified atom stereocenters. The number of nitrogens with one attached hydrogen (secondary N) is 1. The van der Waals surface area contributed by atoms with Gasteiger partial charge in [0, 0.05) is 30.9 Å². The lowest BCUT2D eigenvalue weighted by atomic mass is 10.0. The number of hydrogen-bond acceptors (Lipinski definition) is 3. The smallest absolute Gasteiger partial charge is 0.0366 e. The van der Waals surface area contributed by atoms with Crippen LogP contribution < -0.4 is 10.2 Å². The van der Waals surface area contributed by atoms with Gasteiger partial charge in [0.15, 0.2) is 0 Å². The van der Waals surface area contributed by atoms with Crippen LogP contribution in [0.1, 0.15) is 44.7 Å². The third kappa shape index (κ3) is 4.45. The highest BCUT2D eigenvalue weighted by Gasteiger charge is 2.21. The summed E-state index contributed by atoms with van der Waals surface area (Å²) in [6.45, 7) is 7.87. The Morgan fingerprint density at radius 1 is 1.29 bits per heavy atom. The van der Waals surface area contributed by atoms with E-state index in [2.05, 4.69) is 67.3 Å². The molecule has 1 N–H and O–H groups in total. The summed E-state index contributed by atoms with van der Waals surface area (Å²) in [4.78, 5) is 4.89. The molecule has 1 saturated heterocycles. The van der Waals surface area contributed by atoms with Gasteiger partial charge in [-0.3, -0.25) is 0 Å².